The summed E-state index contributed by atoms with van der Waals surface area (Å²) in [4.78, 5) is 32.7. The van der Waals surface area contributed by atoms with E-state index < -0.39 is 11.9 Å². The molecule has 10 heteroatoms. The van der Waals surface area contributed by atoms with E-state index in [0.29, 0.717) is 40.4 Å². The number of carbonyl (C=O) groups is 2. The predicted octanol–water partition coefficient (Wildman–Crippen LogP) is 3.10. The minimum Gasteiger partial charge on any atom is -0.493 e. The number of nitrogens with zero attached hydrogens (tertiary/aromatic N) is 2. The molecule has 0 unspecified atom stereocenters. The Morgan fingerprint density at radius 2 is 1.59 bits per heavy atom. The molecule has 3 rings (SSSR count). The van der Waals surface area contributed by atoms with Crippen LogP contribution in [0.2, 0.25) is 0 Å². The Morgan fingerprint density at radius 3 is 2.12 bits per heavy atom. The summed E-state index contributed by atoms with van der Waals surface area (Å²) in [6.07, 6.45) is 1.96. The largest absolute Gasteiger partial charge is 0.493 e. The number of ether oxygens (including phenoxy) is 4. The number of hydrogen-bond donors (Lipinski definition) is 2. The van der Waals surface area contributed by atoms with E-state index in [1.165, 1.54) is 31.4 Å². The van der Waals surface area contributed by atoms with E-state index in [9.17, 15) is 9.59 Å². The highest BCUT2D eigenvalue weighted by Gasteiger charge is 2.16. The lowest BCUT2D eigenvalue weighted by Crippen LogP contribution is -2.15. The zero-order valence-corrected chi connectivity index (χ0v) is 19.4. The molecule has 1 heterocycles. The molecular weight excluding hydrogens is 440 g/mol. The first-order valence-electron chi connectivity index (χ1n) is 10.4. The number of nitrogens with two attached hydrogens (primary N) is 1. The second-order valence-corrected chi connectivity index (χ2v) is 7.07. The van der Waals surface area contributed by atoms with Gasteiger partial charge in [0.1, 0.15) is 5.82 Å². The molecule has 0 fully saturated rings. The Morgan fingerprint density at radius 1 is 0.971 bits per heavy atom. The van der Waals surface area contributed by atoms with Crippen LogP contribution >= 0.6 is 0 Å². The van der Waals surface area contributed by atoms with Crippen LogP contribution < -0.4 is 25.3 Å². The number of carbonyl (C=O) groups excluding carboxylic acids is 2. The smallest absolute Gasteiger partial charge is 0.338 e. The van der Waals surface area contributed by atoms with Gasteiger partial charge in [0.2, 0.25) is 11.7 Å². The topological polar surface area (TPSA) is 135 Å². The molecular formula is C24H26N4O6. The second-order valence-electron chi connectivity index (χ2n) is 7.07. The van der Waals surface area contributed by atoms with Crippen molar-refractivity contribution >= 4 is 23.6 Å². The van der Waals surface area contributed by atoms with Crippen LogP contribution in [0.5, 0.6) is 17.2 Å². The number of amides is 1. The number of methoxy groups -OCH3 is 3. The van der Waals surface area contributed by atoms with Crippen LogP contribution in [0.3, 0.4) is 0 Å². The van der Waals surface area contributed by atoms with Gasteiger partial charge in [-0.15, -0.1) is 0 Å². The van der Waals surface area contributed by atoms with Crippen LogP contribution in [0.25, 0.3) is 0 Å². The van der Waals surface area contributed by atoms with Crippen molar-refractivity contribution in [1.29, 1.82) is 0 Å². The number of aromatic nitrogens is 2. The van der Waals surface area contributed by atoms with Gasteiger partial charge >= 0.3 is 5.97 Å². The SMILES string of the molecule is CCOC(=O)c1ccc(C(=O)Nc2ncc(Cc3cc(OC)c(OC)c(OC)c3)c(N)n2)cc1. The van der Waals surface area contributed by atoms with Crippen molar-refractivity contribution in [1.82, 2.24) is 9.97 Å². The molecule has 0 aliphatic rings. The summed E-state index contributed by atoms with van der Waals surface area (Å²) < 4.78 is 21.0. The summed E-state index contributed by atoms with van der Waals surface area (Å²) >= 11 is 0. The molecule has 1 aromatic heterocycles. The molecule has 0 atom stereocenters. The number of rotatable bonds is 9. The minimum atomic E-state index is -0.451. The molecule has 2 aromatic carbocycles. The van der Waals surface area contributed by atoms with E-state index in [4.69, 9.17) is 24.7 Å². The van der Waals surface area contributed by atoms with Crippen molar-refractivity contribution < 1.29 is 28.5 Å². The third-order valence-corrected chi connectivity index (χ3v) is 4.90. The van der Waals surface area contributed by atoms with Gasteiger partial charge in [-0.05, 0) is 48.9 Å². The quantitative estimate of drug-likeness (QED) is 0.456. The van der Waals surface area contributed by atoms with Gasteiger partial charge in [-0.3, -0.25) is 10.1 Å². The zero-order chi connectivity index (χ0) is 24.7. The van der Waals surface area contributed by atoms with Crippen molar-refractivity contribution in [3.63, 3.8) is 0 Å². The van der Waals surface area contributed by atoms with Crippen LogP contribution in [-0.2, 0) is 11.2 Å². The standard InChI is InChI=1S/C24H26N4O6/c1-5-34-23(30)16-8-6-15(7-9-16)22(29)28-24-26-13-17(21(25)27-24)10-14-11-18(31-2)20(33-4)19(12-14)32-3/h6-9,11-13H,5,10H2,1-4H3,(H3,25,26,27,28,29). The lowest BCUT2D eigenvalue weighted by molar-refractivity contribution is 0.0526. The molecule has 0 aliphatic heterocycles. The number of nitrogen functional groups attached to an aromatic ring is 1. The molecule has 10 nitrogen and oxygen atoms in total. The highest BCUT2D eigenvalue weighted by molar-refractivity contribution is 6.04. The molecule has 0 spiro atoms. The van der Waals surface area contributed by atoms with Crippen LogP contribution in [0.15, 0.2) is 42.6 Å². The van der Waals surface area contributed by atoms with Gasteiger partial charge in [0.25, 0.3) is 5.91 Å². The highest BCUT2D eigenvalue weighted by atomic mass is 16.5. The predicted molar refractivity (Wildman–Crippen MR) is 126 cm³/mol. The molecule has 0 saturated heterocycles. The van der Waals surface area contributed by atoms with Gasteiger partial charge in [0.15, 0.2) is 11.5 Å². The van der Waals surface area contributed by atoms with Crippen LogP contribution in [-0.4, -0.2) is 49.8 Å². The molecule has 0 aliphatic carbocycles. The van der Waals surface area contributed by atoms with Crippen molar-refractivity contribution in [3.05, 3.63) is 64.8 Å². The first-order chi connectivity index (χ1) is 16.4. The molecule has 0 bridgehead atoms. The monoisotopic (exact) mass is 466 g/mol. The first-order valence-corrected chi connectivity index (χ1v) is 10.4. The minimum absolute atomic E-state index is 0.0608. The Hall–Kier alpha value is -4.34. The van der Waals surface area contributed by atoms with Crippen LogP contribution in [0.4, 0.5) is 11.8 Å². The third-order valence-electron chi connectivity index (χ3n) is 4.90. The fourth-order valence-corrected chi connectivity index (χ4v) is 3.22. The molecule has 3 N–H and O–H groups in total. The maximum Gasteiger partial charge on any atom is 0.338 e. The summed E-state index contributed by atoms with van der Waals surface area (Å²) in [5.74, 6) is 0.928. The summed E-state index contributed by atoms with van der Waals surface area (Å²) in [5, 5.41) is 2.60. The molecule has 34 heavy (non-hydrogen) atoms. The normalized spacial score (nSPS) is 10.4. The van der Waals surface area contributed by atoms with Gasteiger partial charge in [-0.1, -0.05) is 0 Å². The average Bonchev–Trinajstić information content (AvgIpc) is 2.85. The molecule has 0 saturated carbocycles. The summed E-state index contributed by atoms with van der Waals surface area (Å²) in [6.45, 7) is 2.00. The molecule has 178 valence electrons. The maximum atomic E-state index is 12.5. The fraction of sp³-hybridized carbons (Fsp3) is 0.250. The van der Waals surface area contributed by atoms with Gasteiger partial charge in [0.05, 0.1) is 33.5 Å². The van der Waals surface area contributed by atoms with Gasteiger partial charge in [-0.2, -0.15) is 4.98 Å². The zero-order valence-electron chi connectivity index (χ0n) is 19.4. The molecule has 1 amide bonds. The Balaban J connectivity index is 1.73. The summed E-state index contributed by atoms with van der Waals surface area (Å²) in [6, 6.07) is 9.70. The fourth-order valence-electron chi connectivity index (χ4n) is 3.22. The van der Waals surface area contributed by atoms with Crippen LogP contribution in [0, 0.1) is 0 Å². The van der Waals surface area contributed by atoms with E-state index in [0.717, 1.165) is 5.56 Å². The van der Waals surface area contributed by atoms with Gasteiger partial charge in [-0.25, -0.2) is 9.78 Å². The number of benzene rings is 2. The average molecular weight is 466 g/mol. The van der Waals surface area contributed by atoms with Crippen molar-refractivity contribution in [2.45, 2.75) is 13.3 Å². The number of hydrogen-bond acceptors (Lipinski definition) is 9. The van der Waals surface area contributed by atoms with Crippen LogP contribution in [0.1, 0.15) is 38.8 Å². The Labute approximate surface area is 197 Å². The van der Waals surface area contributed by atoms with E-state index in [-0.39, 0.29) is 18.4 Å². The first kappa shape index (κ1) is 24.3. The van der Waals surface area contributed by atoms with Crippen molar-refractivity contribution in [3.8, 4) is 17.2 Å². The van der Waals surface area contributed by atoms with E-state index >= 15 is 0 Å². The van der Waals surface area contributed by atoms with E-state index in [2.05, 4.69) is 15.3 Å². The second kappa shape index (κ2) is 11.0. The molecule has 0 radical (unpaired) electrons. The van der Waals surface area contributed by atoms with Crippen molar-refractivity contribution in [2.24, 2.45) is 0 Å². The van der Waals surface area contributed by atoms with Gasteiger partial charge in [0, 0.05) is 23.7 Å². The van der Waals surface area contributed by atoms with Crippen molar-refractivity contribution in [2.75, 3.05) is 39.0 Å². The lowest BCUT2D eigenvalue weighted by atomic mass is 10.1. The highest BCUT2D eigenvalue weighted by Crippen LogP contribution is 2.38. The van der Waals surface area contributed by atoms with E-state index in [1.54, 1.807) is 27.3 Å². The molecule has 3 aromatic rings. The number of esters is 1. The van der Waals surface area contributed by atoms with E-state index in [1.807, 2.05) is 12.1 Å². The third kappa shape index (κ3) is 5.52. The Bertz CT molecular complexity index is 1160. The Kier molecular flexibility index (Phi) is 7.86. The summed E-state index contributed by atoms with van der Waals surface area (Å²) in [7, 11) is 4.62. The maximum absolute atomic E-state index is 12.5. The number of nitrogens with one attached hydrogen (secondary N) is 1. The number of anilines is 2. The lowest BCUT2D eigenvalue weighted by Gasteiger charge is -2.14. The van der Waals surface area contributed by atoms with Gasteiger partial charge < -0.3 is 24.7 Å². The summed E-state index contributed by atoms with van der Waals surface area (Å²) in [5.41, 5.74) is 8.32.